The van der Waals surface area contributed by atoms with Crippen LogP contribution in [0.4, 0.5) is 0 Å². The van der Waals surface area contributed by atoms with Crippen LogP contribution >= 0.6 is 0 Å². The number of hydrogen-bond donors (Lipinski definition) is 0. The van der Waals surface area contributed by atoms with Crippen molar-refractivity contribution in [3.05, 3.63) is 81.9 Å². The normalized spacial score (nSPS) is 14.4. The summed E-state index contributed by atoms with van der Waals surface area (Å²) in [5.74, 6) is 0. The maximum absolute atomic E-state index is 13.3. The molecule has 0 amide bonds. The van der Waals surface area contributed by atoms with Gasteiger partial charge in [-0.1, -0.05) is 102 Å². The van der Waals surface area contributed by atoms with Crippen LogP contribution in [-0.4, -0.2) is 22.1 Å². The predicted molar refractivity (Wildman–Crippen MR) is 116 cm³/mol. The molecule has 2 unspecified atom stereocenters. The second-order valence-corrected chi connectivity index (χ2v) is 9.75. The van der Waals surface area contributed by atoms with E-state index in [0.717, 1.165) is 11.1 Å². The van der Waals surface area contributed by atoms with Crippen LogP contribution in [0.1, 0.15) is 52.7 Å². The number of rotatable bonds is 7. The lowest BCUT2D eigenvalue weighted by Gasteiger charge is -2.40. The van der Waals surface area contributed by atoms with Gasteiger partial charge in [0.25, 0.3) is 0 Å². The third kappa shape index (κ3) is 5.90. The topological polar surface area (TPSA) is 46.4 Å². The Bertz CT molecular complexity index is 746. The summed E-state index contributed by atoms with van der Waals surface area (Å²) in [6, 6.07) is 18.9. The molecule has 0 aliphatic carbocycles. The minimum Gasteiger partial charge on any atom is -0.704 e. The molecule has 0 saturated carbocycles. The van der Waals surface area contributed by atoms with Crippen LogP contribution in [-0.2, 0) is 12.8 Å². The summed E-state index contributed by atoms with van der Waals surface area (Å²) < 4.78 is 0. The van der Waals surface area contributed by atoms with Gasteiger partial charge in [-0.25, -0.2) is 0 Å². The first-order valence-electron chi connectivity index (χ1n) is 10.0. The van der Waals surface area contributed by atoms with Crippen molar-refractivity contribution in [2.45, 2.75) is 66.5 Å². The van der Waals surface area contributed by atoms with Gasteiger partial charge in [0.1, 0.15) is 4.87 Å². The summed E-state index contributed by atoms with van der Waals surface area (Å²) in [5, 5.41) is 14.0. The van der Waals surface area contributed by atoms with Crippen molar-refractivity contribution < 1.29 is 4.87 Å². The van der Waals surface area contributed by atoms with Crippen molar-refractivity contribution in [2.24, 2.45) is 10.8 Å². The molecule has 2 rings (SSSR count). The molecule has 0 fully saturated rings. The quantitative estimate of drug-likeness (QED) is 0.449. The minimum absolute atomic E-state index is 0.338. The predicted octanol–water partition coefficient (Wildman–Crippen LogP) is 5.79. The number of nitroso groups, excluding NO2 is 1. The Morgan fingerprint density at radius 3 is 1.61 bits per heavy atom. The molecule has 0 aromatic heterocycles. The van der Waals surface area contributed by atoms with E-state index < -0.39 is 12.1 Å². The largest absolute Gasteiger partial charge is 0.704 e. The van der Waals surface area contributed by atoms with Crippen LogP contribution in [0.2, 0.25) is 0 Å². The maximum atomic E-state index is 13.3. The summed E-state index contributed by atoms with van der Waals surface area (Å²) >= 11 is 0. The summed E-state index contributed by atoms with van der Waals surface area (Å²) in [4.78, 5) is 14.0. The molecule has 2 aromatic carbocycles. The van der Waals surface area contributed by atoms with Crippen LogP contribution in [0, 0.1) is 20.9 Å². The lowest BCUT2D eigenvalue weighted by Crippen LogP contribution is -2.53. The maximum Gasteiger partial charge on any atom is 0.242 e. The van der Waals surface area contributed by atoms with E-state index in [-0.39, 0.29) is 10.8 Å². The fraction of sp³-hybridized carbons (Fsp3) is 0.500. The summed E-state index contributed by atoms with van der Waals surface area (Å²) in [5.41, 5.74) is 1.45. The number of hydroxylamine groups is 1. The van der Waals surface area contributed by atoms with Crippen LogP contribution in [0.3, 0.4) is 0 Å². The first kappa shape index (κ1) is 22.1. The van der Waals surface area contributed by atoms with Gasteiger partial charge in [-0.15, -0.1) is 0 Å². The molecule has 152 valence electrons. The highest BCUT2D eigenvalue weighted by Crippen LogP contribution is 2.31. The third-order valence-corrected chi connectivity index (χ3v) is 5.27. The molecule has 0 aliphatic heterocycles. The number of hydrazine groups is 1. The van der Waals surface area contributed by atoms with E-state index in [2.05, 4.69) is 0 Å². The van der Waals surface area contributed by atoms with Gasteiger partial charge in [0.2, 0.25) is 6.04 Å². The van der Waals surface area contributed by atoms with Crippen LogP contribution in [0.15, 0.2) is 60.7 Å². The molecular weight excluding hydrogens is 348 g/mol. The van der Waals surface area contributed by atoms with E-state index in [0.29, 0.717) is 22.9 Å². The molecule has 0 spiro atoms. The average molecular weight is 383 g/mol. The van der Waals surface area contributed by atoms with Gasteiger partial charge in [-0.3, -0.25) is 0 Å². The van der Waals surface area contributed by atoms with Crippen LogP contribution in [0.5, 0.6) is 0 Å². The van der Waals surface area contributed by atoms with Gasteiger partial charge in [-0.05, 0) is 23.0 Å². The Hall–Kier alpha value is -2.20. The van der Waals surface area contributed by atoms with Crippen LogP contribution < -0.4 is 0 Å². The van der Waals surface area contributed by atoms with Crippen LogP contribution in [0.25, 0.3) is 0 Å². The fourth-order valence-corrected chi connectivity index (χ4v) is 3.38. The van der Waals surface area contributed by atoms with Crippen molar-refractivity contribution in [3.63, 3.8) is 0 Å². The zero-order chi connectivity index (χ0) is 20.9. The Labute approximate surface area is 169 Å². The Morgan fingerprint density at radius 2 is 1.21 bits per heavy atom. The molecule has 2 aromatic rings. The summed E-state index contributed by atoms with van der Waals surface area (Å²) in [7, 11) is 0. The Morgan fingerprint density at radius 1 is 0.786 bits per heavy atom. The van der Waals surface area contributed by atoms with Gasteiger partial charge >= 0.3 is 0 Å². The molecule has 0 N–H and O–H groups in total. The first-order valence-corrected chi connectivity index (χ1v) is 10.0. The van der Waals surface area contributed by atoms with E-state index in [1.54, 1.807) is 0 Å². The number of benzene rings is 2. The average Bonchev–Trinajstić information content (AvgIpc) is 2.63. The van der Waals surface area contributed by atoms with E-state index >= 15 is 0 Å². The third-order valence-electron chi connectivity index (χ3n) is 5.27. The molecule has 0 radical (unpaired) electrons. The van der Waals surface area contributed by atoms with Gasteiger partial charge in [0.15, 0.2) is 0 Å². The smallest absolute Gasteiger partial charge is 0.242 e. The molecule has 0 saturated heterocycles. The van der Waals surface area contributed by atoms with Gasteiger partial charge in [0.05, 0.1) is 10.9 Å². The van der Waals surface area contributed by atoms with Crippen molar-refractivity contribution in [1.82, 2.24) is 5.17 Å². The van der Waals surface area contributed by atoms with Crippen molar-refractivity contribution in [1.29, 1.82) is 0 Å². The Kier molecular flexibility index (Phi) is 7.00. The molecule has 28 heavy (non-hydrogen) atoms. The Balaban J connectivity index is 2.29. The summed E-state index contributed by atoms with van der Waals surface area (Å²) in [6.45, 7) is 12.1. The minimum atomic E-state index is -0.451. The zero-order valence-electron chi connectivity index (χ0n) is 18.1. The monoisotopic (exact) mass is 382 g/mol. The van der Waals surface area contributed by atoms with Crippen molar-refractivity contribution in [3.8, 4) is 0 Å². The highest BCUT2D eigenvalue weighted by molar-refractivity contribution is 5.17. The summed E-state index contributed by atoms with van der Waals surface area (Å²) in [6.07, 6.45) is 1.07. The van der Waals surface area contributed by atoms with Gasteiger partial charge < -0.3 is 5.21 Å². The molecule has 0 aliphatic rings. The fourth-order valence-electron chi connectivity index (χ4n) is 3.38. The molecule has 4 nitrogen and oxygen atoms in total. The standard InChI is InChI=1S/C24H34N2O2/c1-23(2,3)21(17-19-13-9-7-10-14-19)25(27)26(28)22(24(4,5)6)18-20-15-11-8-12-16-20/h7-16,21-22H,17-18H2,1-6H3. The molecule has 0 heterocycles. The zero-order valence-corrected chi connectivity index (χ0v) is 18.1. The molecule has 0 bridgehead atoms. The highest BCUT2D eigenvalue weighted by atomic mass is 16.6. The molecular formula is C24H34N2O2. The lowest BCUT2D eigenvalue weighted by atomic mass is 9.82. The van der Waals surface area contributed by atoms with Gasteiger partial charge in [0, 0.05) is 11.8 Å². The van der Waals surface area contributed by atoms with E-state index in [1.807, 2.05) is 102 Å². The SMILES string of the molecule is CC(C)(C)C(Cc1ccccc1)N([O-])[N+](=O)C(Cc1ccccc1)C(C)(C)C. The molecule has 4 heteroatoms. The second kappa shape index (κ2) is 8.87. The second-order valence-electron chi connectivity index (χ2n) is 9.75. The van der Waals surface area contributed by atoms with Crippen molar-refractivity contribution >= 4 is 0 Å². The highest BCUT2D eigenvalue weighted by Gasteiger charge is 2.43. The molecule has 2 atom stereocenters. The van der Waals surface area contributed by atoms with Crippen molar-refractivity contribution in [2.75, 3.05) is 0 Å². The van der Waals surface area contributed by atoms with E-state index in [4.69, 9.17) is 0 Å². The lowest BCUT2D eigenvalue weighted by molar-refractivity contribution is -0.741. The number of hydrogen-bond acceptors (Lipinski definition) is 2. The van der Waals surface area contributed by atoms with E-state index in [9.17, 15) is 10.1 Å². The number of nitrogens with zero attached hydrogens (tertiary/aromatic N) is 2. The van der Waals surface area contributed by atoms with E-state index in [1.165, 1.54) is 0 Å². The van der Waals surface area contributed by atoms with Gasteiger partial charge in [-0.2, -0.15) is 5.17 Å². The first-order chi connectivity index (χ1) is 13.0.